The molecular weight excluding hydrogens is 266 g/mol. The van der Waals surface area contributed by atoms with Crippen molar-refractivity contribution in [2.24, 2.45) is 0 Å². The topological polar surface area (TPSA) is 23.5 Å². The average molecular weight is 284 g/mol. The molecule has 0 atom stereocenters. The van der Waals surface area contributed by atoms with Gasteiger partial charge in [-0.05, 0) is 31.2 Å². The fraction of sp³-hybridized carbons (Fsp3) is 0.385. The van der Waals surface area contributed by atoms with Gasteiger partial charge in [0.05, 0.1) is 6.61 Å². The van der Waals surface area contributed by atoms with Crippen molar-refractivity contribution in [3.63, 3.8) is 0 Å². The molecule has 16 heavy (non-hydrogen) atoms. The molecule has 0 fully saturated rings. The van der Waals surface area contributed by atoms with E-state index in [0.717, 1.165) is 24.0 Å². The molecule has 0 spiro atoms. The zero-order valence-corrected chi connectivity index (χ0v) is 11.2. The number of aliphatic hydroxyl groups excluding tert-OH is 1. The van der Waals surface area contributed by atoms with Crippen molar-refractivity contribution in [3.8, 4) is 0 Å². The van der Waals surface area contributed by atoms with Crippen molar-refractivity contribution in [2.75, 3.05) is 26.7 Å². The second-order valence-electron chi connectivity index (χ2n) is 3.77. The van der Waals surface area contributed by atoms with Crippen LogP contribution in [-0.2, 0) is 0 Å². The zero-order chi connectivity index (χ0) is 11.8. The molecule has 0 aromatic heterocycles. The second kappa shape index (κ2) is 7.60. The number of hydrogen-bond acceptors (Lipinski definition) is 2. The average Bonchev–Trinajstić information content (AvgIpc) is 2.27. The van der Waals surface area contributed by atoms with E-state index in [-0.39, 0.29) is 6.61 Å². The van der Waals surface area contributed by atoms with Crippen molar-refractivity contribution < 1.29 is 5.11 Å². The largest absolute Gasteiger partial charge is 0.395 e. The lowest BCUT2D eigenvalue weighted by atomic mass is 10.2. The van der Waals surface area contributed by atoms with Crippen molar-refractivity contribution >= 4 is 22.0 Å². The summed E-state index contributed by atoms with van der Waals surface area (Å²) >= 11 is 3.41. The van der Waals surface area contributed by atoms with Gasteiger partial charge in [0, 0.05) is 17.6 Å². The Labute approximate surface area is 106 Å². The summed E-state index contributed by atoms with van der Waals surface area (Å²) < 4.78 is 1.10. The Hall–Kier alpha value is -0.640. The van der Waals surface area contributed by atoms with Gasteiger partial charge in [0.1, 0.15) is 0 Å². The van der Waals surface area contributed by atoms with Crippen molar-refractivity contribution in [1.29, 1.82) is 0 Å². The smallest absolute Gasteiger partial charge is 0.0558 e. The monoisotopic (exact) mass is 283 g/mol. The van der Waals surface area contributed by atoms with Crippen LogP contribution in [-0.4, -0.2) is 36.8 Å². The Morgan fingerprint density at radius 1 is 1.25 bits per heavy atom. The van der Waals surface area contributed by atoms with Crippen LogP contribution in [0.15, 0.2) is 34.8 Å². The van der Waals surface area contributed by atoms with Gasteiger partial charge in [-0.25, -0.2) is 0 Å². The molecule has 2 nitrogen and oxygen atoms in total. The molecular formula is C13H18BrNO. The molecule has 0 saturated carbocycles. The van der Waals surface area contributed by atoms with E-state index in [4.69, 9.17) is 5.11 Å². The Bertz CT molecular complexity index is 321. The maximum atomic E-state index is 8.73. The standard InChI is InChI=1S/C13H18BrNO/c1-15(10-11-16)9-3-2-4-12-5-7-13(14)8-6-12/h2,4-8,16H,3,9-11H2,1H3. The first kappa shape index (κ1) is 13.4. The Morgan fingerprint density at radius 3 is 2.56 bits per heavy atom. The number of nitrogens with zero attached hydrogens (tertiary/aromatic N) is 1. The molecule has 0 aliphatic carbocycles. The minimum Gasteiger partial charge on any atom is -0.395 e. The van der Waals surface area contributed by atoms with E-state index >= 15 is 0 Å². The molecule has 0 saturated heterocycles. The minimum atomic E-state index is 0.229. The van der Waals surface area contributed by atoms with Gasteiger partial charge in [0.25, 0.3) is 0 Å². The highest BCUT2D eigenvalue weighted by Crippen LogP contribution is 2.11. The fourth-order valence-electron chi connectivity index (χ4n) is 1.37. The van der Waals surface area contributed by atoms with Gasteiger partial charge >= 0.3 is 0 Å². The molecule has 0 heterocycles. The van der Waals surface area contributed by atoms with E-state index in [1.807, 2.05) is 19.2 Å². The van der Waals surface area contributed by atoms with Crippen LogP contribution in [0.2, 0.25) is 0 Å². The normalized spacial score (nSPS) is 11.5. The van der Waals surface area contributed by atoms with Crippen LogP contribution in [0.1, 0.15) is 12.0 Å². The first-order valence-electron chi connectivity index (χ1n) is 5.44. The third kappa shape index (κ3) is 5.45. The number of aliphatic hydroxyl groups is 1. The molecule has 3 heteroatoms. The van der Waals surface area contributed by atoms with Crippen LogP contribution in [0, 0.1) is 0 Å². The predicted molar refractivity (Wildman–Crippen MR) is 72.4 cm³/mol. The number of likely N-dealkylation sites (N-methyl/N-ethyl adjacent to an activating group) is 1. The highest BCUT2D eigenvalue weighted by Gasteiger charge is 1.93. The van der Waals surface area contributed by atoms with Crippen LogP contribution in [0.4, 0.5) is 0 Å². The lowest BCUT2D eigenvalue weighted by Crippen LogP contribution is -2.22. The summed E-state index contributed by atoms with van der Waals surface area (Å²) in [5.74, 6) is 0. The number of benzene rings is 1. The lowest BCUT2D eigenvalue weighted by Gasteiger charge is -2.12. The summed E-state index contributed by atoms with van der Waals surface area (Å²) in [6, 6.07) is 8.24. The summed E-state index contributed by atoms with van der Waals surface area (Å²) in [5.41, 5.74) is 1.22. The Balaban J connectivity index is 2.29. The summed E-state index contributed by atoms with van der Waals surface area (Å²) in [6.45, 7) is 1.95. The van der Waals surface area contributed by atoms with Crippen molar-refractivity contribution in [2.45, 2.75) is 6.42 Å². The van der Waals surface area contributed by atoms with Crippen LogP contribution >= 0.6 is 15.9 Å². The first-order valence-corrected chi connectivity index (χ1v) is 6.23. The summed E-state index contributed by atoms with van der Waals surface area (Å²) in [6.07, 6.45) is 5.29. The maximum absolute atomic E-state index is 8.73. The molecule has 0 aliphatic rings. The molecule has 1 N–H and O–H groups in total. The van der Waals surface area contributed by atoms with Gasteiger partial charge in [-0.3, -0.25) is 0 Å². The summed E-state index contributed by atoms with van der Waals surface area (Å²) in [4.78, 5) is 2.12. The number of rotatable bonds is 6. The zero-order valence-electron chi connectivity index (χ0n) is 9.56. The highest BCUT2D eigenvalue weighted by molar-refractivity contribution is 9.10. The molecule has 0 unspecified atom stereocenters. The Kier molecular flexibility index (Phi) is 6.38. The van der Waals surface area contributed by atoms with E-state index in [2.05, 4.69) is 45.1 Å². The van der Waals surface area contributed by atoms with Crippen molar-refractivity contribution in [3.05, 3.63) is 40.4 Å². The van der Waals surface area contributed by atoms with Gasteiger partial charge < -0.3 is 10.0 Å². The van der Waals surface area contributed by atoms with Crippen LogP contribution in [0.3, 0.4) is 0 Å². The van der Waals surface area contributed by atoms with E-state index in [9.17, 15) is 0 Å². The van der Waals surface area contributed by atoms with E-state index in [1.165, 1.54) is 5.56 Å². The van der Waals surface area contributed by atoms with Gasteiger partial charge in [-0.2, -0.15) is 0 Å². The van der Waals surface area contributed by atoms with Crippen molar-refractivity contribution in [1.82, 2.24) is 4.90 Å². The predicted octanol–water partition coefficient (Wildman–Crippen LogP) is 2.78. The van der Waals surface area contributed by atoms with E-state index in [0.29, 0.717) is 0 Å². The lowest BCUT2D eigenvalue weighted by molar-refractivity contribution is 0.223. The van der Waals surface area contributed by atoms with Crippen LogP contribution in [0.25, 0.3) is 6.08 Å². The fourth-order valence-corrected chi connectivity index (χ4v) is 1.64. The number of hydrogen-bond donors (Lipinski definition) is 1. The van der Waals surface area contributed by atoms with Gasteiger partial charge in [0.15, 0.2) is 0 Å². The Morgan fingerprint density at radius 2 is 1.94 bits per heavy atom. The van der Waals surface area contributed by atoms with Gasteiger partial charge in [0.2, 0.25) is 0 Å². The second-order valence-corrected chi connectivity index (χ2v) is 4.69. The first-order chi connectivity index (χ1) is 7.72. The minimum absolute atomic E-state index is 0.229. The quantitative estimate of drug-likeness (QED) is 0.868. The molecule has 0 bridgehead atoms. The summed E-state index contributed by atoms with van der Waals surface area (Å²) in [7, 11) is 2.02. The molecule has 1 aromatic carbocycles. The maximum Gasteiger partial charge on any atom is 0.0558 e. The molecule has 1 aromatic rings. The molecule has 88 valence electrons. The SMILES string of the molecule is CN(CCO)CCC=Cc1ccc(Br)cc1. The van der Waals surface area contributed by atoms with Crippen LogP contribution < -0.4 is 0 Å². The van der Waals surface area contributed by atoms with E-state index < -0.39 is 0 Å². The molecule has 0 aliphatic heterocycles. The van der Waals surface area contributed by atoms with E-state index in [1.54, 1.807) is 0 Å². The number of halogens is 1. The van der Waals surface area contributed by atoms with Gasteiger partial charge in [-0.15, -0.1) is 0 Å². The summed E-state index contributed by atoms with van der Waals surface area (Å²) in [5, 5.41) is 8.73. The third-order valence-corrected chi connectivity index (χ3v) is 2.87. The molecule has 1 rings (SSSR count). The van der Waals surface area contributed by atoms with Gasteiger partial charge in [-0.1, -0.05) is 40.2 Å². The molecule has 0 radical (unpaired) electrons. The third-order valence-electron chi connectivity index (χ3n) is 2.34. The van der Waals surface area contributed by atoms with Crippen LogP contribution in [0.5, 0.6) is 0 Å². The highest BCUT2D eigenvalue weighted by atomic mass is 79.9. The molecule has 0 amide bonds.